The standard InChI is InChI=1S/C14H10ClFN2O3/c1-7-9(14(20)21)3-5-12(17-7)13(19)18-11-4-2-8(16)6-10(11)15/h2-6H,1H3,(H,18,19)(H,20,21). The highest BCUT2D eigenvalue weighted by atomic mass is 35.5. The van der Waals surface area contributed by atoms with Crippen molar-refractivity contribution in [2.45, 2.75) is 6.92 Å². The molecule has 0 aliphatic heterocycles. The van der Waals surface area contributed by atoms with Crippen molar-refractivity contribution in [2.24, 2.45) is 0 Å². The van der Waals surface area contributed by atoms with E-state index in [0.29, 0.717) is 0 Å². The molecule has 0 saturated heterocycles. The SMILES string of the molecule is Cc1nc(C(=O)Nc2ccc(F)cc2Cl)ccc1C(=O)O. The van der Waals surface area contributed by atoms with Gasteiger partial charge in [0.2, 0.25) is 0 Å². The first kappa shape index (κ1) is 14.9. The van der Waals surface area contributed by atoms with Gasteiger partial charge in [0, 0.05) is 0 Å². The second-order valence-electron chi connectivity index (χ2n) is 4.21. The fourth-order valence-electron chi connectivity index (χ4n) is 1.69. The predicted molar refractivity (Wildman–Crippen MR) is 75.3 cm³/mol. The maximum absolute atomic E-state index is 12.9. The van der Waals surface area contributed by atoms with Crippen LogP contribution in [-0.2, 0) is 0 Å². The highest BCUT2D eigenvalue weighted by molar-refractivity contribution is 6.33. The quantitative estimate of drug-likeness (QED) is 0.913. The first-order chi connectivity index (χ1) is 9.88. The monoisotopic (exact) mass is 308 g/mol. The number of amides is 1. The Labute approximate surface area is 124 Å². The van der Waals surface area contributed by atoms with Crippen molar-refractivity contribution >= 4 is 29.2 Å². The molecule has 2 N–H and O–H groups in total. The summed E-state index contributed by atoms with van der Waals surface area (Å²) in [6, 6.07) is 6.15. The number of aromatic carboxylic acids is 1. The van der Waals surface area contributed by atoms with Crippen LogP contribution in [0.2, 0.25) is 5.02 Å². The van der Waals surface area contributed by atoms with Gasteiger partial charge < -0.3 is 10.4 Å². The number of carbonyl (C=O) groups excluding carboxylic acids is 1. The number of hydrogen-bond acceptors (Lipinski definition) is 3. The maximum atomic E-state index is 12.9. The Morgan fingerprint density at radius 1 is 1.29 bits per heavy atom. The summed E-state index contributed by atoms with van der Waals surface area (Å²) in [5.74, 6) is -2.20. The molecule has 0 aliphatic carbocycles. The lowest BCUT2D eigenvalue weighted by atomic mass is 10.2. The molecule has 0 aliphatic rings. The van der Waals surface area contributed by atoms with Crippen molar-refractivity contribution < 1.29 is 19.1 Å². The van der Waals surface area contributed by atoms with Crippen LogP contribution in [0.3, 0.4) is 0 Å². The van der Waals surface area contributed by atoms with E-state index in [4.69, 9.17) is 16.7 Å². The number of anilines is 1. The van der Waals surface area contributed by atoms with Crippen molar-refractivity contribution in [1.82, 2.24) is 4.98 Å². The number of nitrogens with one attached hydrogen (secondary N) is 1. The molecule has 1 heterocycles. The van der Waals surface area contributed by atoms with Gasteiger partial charge in [-0.05, 0) is 37.3 Å². The molecule has 2 rings (SSSR count). The van der Waals surface area contributed by atoms with Gasteiger partial charge in [0.15, 0.2) is 0 Å². The Morgan fingerprint density at radius 2 is 2.00 bits per heavy atom. The van der Waals surface area contributed by atoms with E-state index in [0.717, 1.165) is 12.1 Å². The summed E-state index contributed by atoms with van der Waals surface area (Å²) in [6.07, 6.45) is 0. The lowest BCUT2D eigenvalue weighted by Gasteiger charge is -2.08. The van der Waals surface area contributed by atoms with Gasteiger partial charge in [-0.15, -0.1) is 0 Å². The van der Waals surface area contributed by atoms with Crippen LogP contribution in [0.1, 0.15) is 26.5 Å². The largest absolute Gasteiger partial charge is 0.478 e. The van der Waals surface area contributed by atoms with Gasteiger partial charge in [0.1, 0.15) is 11.5 Å². The van der Waals surface area contributed by atoms with Gasteiger partial charge in [-0.3, -0.25) is 4.79 Å². The molecule has 1 amide bonds. The number of pyridine rings is 1. The van der Waals surface area contributed by atoms with E-state index < -0.39 is 17.7 Å². The van der Waals surface area contributed by atoms with Gasteiger partial charge >= 0.3 is 5.97 Å². The fraction of sp³-hybridized carbons (Fsp3) is 0.0714. The minimum absolute atomic E-state index is 0.0198. The lowest BCUT2D eigenvalue weighted by molar-refractivity contribution is 0.0695. The molecule has 1 aromatic carbocycles. The van der Waals surface area contributed by atoms with Gasteiger partial charge in [0.05, 0.1) is 22.0 Å². The maximum Gasteiger partial charge on any atom is 0.337 e. The number of nitrogens with zero attached hydrogens (tertiary/aromatic N) is 1. The zero-order chi connectivity index (χ0) is 15.6. The summed E-state index contributed by atoms with van der Waals surface area (Å²) in [5, 5.41) is 11.4. The Balaban J connectivity index is 2.24. The average molecular weight is 309 g/mol. The molecular weight excluding hydrogens is 299 g/mol. The van der Waals surface area contributed by atoms with E-state index >= 15 is 0 Å². The molecular formula is C14H10ClFN2O3. The molecule has 2 aromatic rings. The first-order valence-corrected chi connectivity index (χ1v) is 6.23. The molecule has 0 radical (unpaired) electrons. The normalized spacial score (nSPS) is 10.2. The minimum atomic E-state index is -1.12. The average Bonchev–Trinajstić information content (AvgIpc) is 2.41. The van der Waals surface area contributed by atoms with E-state index in [1.165, 1.54) is 25.1 Å². The third-order valence-electron chi connectivity index (χ3n) is 2.73. The zero-order valence-corrected chi connectivity index (χ0v) is 11.6. The van der Waals surface area contributed by atoms with E-state index in [1.807, 2.05) is 0 Å². The number of carboxylic acid groups (broad SMARTS) is 1. The summed E-state index contributed by atoms with van der Waals surface area (Å²) in [4.78, 5) is 26.8. The molecule has 7 heteroatoms. The third-order valence-corrected chi connectivity index (χ3v) is 3.04. The predicted octanol–water partition coefficient (Wildman–Crippen LogP) is 3.13. The molecule has 5 nitrogen and oxygen atoms in total. The molecule has 0 spiro atoms. The molecule has 0 bridgehead atoms. The highest BCUT2D eigenvalue weighted by Gasteiger charge is 2.14. The number of aryl methyl sites for hydroxylation is 1. The Bertz CT molecular complexity index is 734. The van der Waals surface area contributed by atoms with Crippen LogP contribution in [0.4, 0.5) is 10.1 Å². The lowest BCUT2D eigenvalue weighted by Crippen LogP contribution is -2.15. The summed E-state index contributed by atoms with van der Waals surface area (Å²) < 4.78 is 12.9. The molecule has 108 valence electrons. The number of carbonyl (C=O) groups is 2. The Kier molecular flexibility index (Phi) is 4.18. The van der Waals surface area contributed by atoms with Crippen LogP contribution in [0.15, 0.2) is 30.3 Å². The molecule has 0 saturated carbocycles. The highest BCUT2D eigenvalue weighted by Crippen LogP contribution is 2.23. The minimum Gasteiger partial charge on any atom is -0.478 e. The van der Waals surface area contributed by atoms with Crippen molar-refractivity contribution in [1.29, 1.82) is 0 Å². The Morgan fingerprint density at radius 3 is 2.57 bits per heavy atom. The third kappa shape index (κ3) is 3.35. The summed E-state index contributed by atoms with van der Waals surface area (Å²) in [7, 11) is 0. The number of hydrogen-bond donors (Lipinski definition) is 2. The van der Waals surface area contributed by atoms with Crippen molar-refractivity contribution in [2.75, 3.05) is 5.32 Å². The number of rotatable bonds is 3. The summed E-state index contributed by atoms with van der Waals surface area (Å²) in [5.41, 5.74) is 0.523. The van der Waals surface area contributed by atoms with E-state index in [2.05, 4.69) is 10.3 Å². The van der Waals surface area contributed by atoms with Gasteiger partial charge in [-0.25, -0.2) is 14.2 Å². The summed E-state index contributed by atoms with van der Waals surface area (Å²) in [6.45, 7) is 1.49. The van der Waals surface area contributed by atoms with Crippen molar-refractivity contribution in [3.63, 3.8) is 0 Å². The second-order valence-corrected chi connectivity index (χ2v) is 4.62. The van der Waals surface area contributed by atoms with Crippen LogP contribution < -0.4 is 5.32 Å². The van der Waals surface area contributed by atoms with Crippen LogP contribution in [0, 0.1) is 12.7 Å². The van der Waals surface area contributed by atoms with Gasteiger partial charge in [-0.1, -0.05) is 11.6 Å². The van der Waals surface area contributed by atoms with Crippen LogP contribution in [0.5, 0.6) is 0 Å². The molecule has 0 atom stereocenters. The van der Waals surface area contributed by atoms with E-state index in [-0.39, 0.29) is 27.7 Å². The number of halogens is 2. The molecule has 21 heavy (non-hydrogen) atoms. The molecule has 1 aromatic heterocycles. The van der Waals surface area contributed by atoms with Crippen LogP contribution >= 0.6 is 11.6 Å². The van der Waals surface area contributed by atoms with Gasteiger partial charge in [0.25, 0.3) is 5.91 Å². The van der Waals surface area contributed by atoms with E-state index in [9.17, 15) is 14.0 Å². The number of aromatic nitrogens is 1. The zero-order valence-electron chi connectivity index (χ0n) is 10.9. The Hall–Kier alpha value is -2.47. The van der Waals surface area contributed by atoms with E-state index in [1.54, 1.807) is 0 Å². The van der Waals surface area contributed by atoms with Crippen molar-refractivity contribution in [3.8, 4) is 0 Å². The van der Waals surface area contributed by atoms with Gasteiger partial charge in [-0.2, -0.15) is 0 Å². The fourth-order valence-corrected chi connectivity index (χ4v) is 1.91. The number of carboxylic acids is 1. The first-order valence-electron chi connectivity index (χ1n) is 5.86. The van der Waals surface area contributed by atoms with Crippen LogP contribution in [0.25, 0.3) is 0 Å². The number of benzene rings is 1. The van der Waals surface area contributed by atoms with Crippen LogP contribution in [-0.4, -0.2) is 22.0 Å². The summed E-state index contributed by atoms with van der Waals surface area (Å²) >= 11 is 5.81. The van der Waals surface area contributed by atoms with Crippen molar-refractivity contribution in [3.05, 3.63) is 58.1 Å². The molecule has 0 fully saturated rings. The topological polar surface area (TPSA) is 79.3 Å². The second kappa shape index (κ2) is 5.88. The molecule has 0 unspecified atom stereocenters. The smallest absolute Gasteiger partial charge is 0.337 e.